The largest absolute Gasteiger partial charge is 0.433 e. The Labute approximate surface area is 138 Å². The normalized spacial score (nSPS) is 10.9. The van der Waals surface area contributed by atoms with E-state index >= 15 is 0 Å². The quantitative estimate of drug-likeness (QED) is 0.853. The van der Waals surface area contributed by atoms with Gasteiger partial charge in [0.15, 0.2) is 5.69 Å². The average molecular weight is 395 g/mol. The number of ether oxygens (including phenoxy) is 1. The lowest BCUT2D eigenvalue weighted by Gasteiger charge is -2.09. The fraction of sp³-hybridized carbons (Fsp3) is 0.231. The molecule has 0 saturated carbocycles. The summed E-state index contributed by atoms with van der Waals surface area (Å²) in [5, 5.41) is 6.64. The molecule has 9 heteroatoms. The van der Waals surface area contributed by atoms with E-state index in [0.717, 1.165) is 5.69 Å². The minimum absolute atomic E-state index is 0.0330. The molecule has 0 fully saturated rings. The molecular formula is C13H11BrClF2N3O2. The summed E-state index contributed by atoms with van der Waals surface area (Å²) < 4.78 is 30.7. The van der Waals surface area contributed by atoms with Crippen molar-refractivity contribution in [2.24, 2.45) is 7.05 Å². The first-order valence-electron chi connectivity index (χ1n) is 6.04. The number of amides is 1. The predicted molar refractivity (Wildman–Crippen MR) is 81.7 cm³/mol. The summed E-state index contributed by atoms with van der Waals surface area (Å²) in [6.45, 7) is -1.16. The van der Waals surface area contributed by atoms with Gasteiger partial charge in [-0.05, 0) is 41.1 Å². The number of anilines is 1. The van der Waals surface area contributed by atoms with Crippen molar-refractivity contribution in [1.29, 1.82) is 0 Å². The van der Waals surface area contributed by atoms with E-state index in [1.165, 1.54) is 18.2 Å². The molecular weight excluding hydrogens is 384 g/mol. The molecule has 1 amide bonds. The van der Waals surface area contributed by atoms with Gasteiger partial charge in [-0.2, -0.15) is 13.9 Å². The van der Waals surface area contributed by atoms with Gasteiger partial charge in [-0.3, -0.25) is 9.48 Å². The summed E-state index contributed by atoms with van der Waals surface area (Å²) in [5.41, 5.74) is 1.35. The number of carbonyl (C=O) groups is 1. The van der Waals surface area contributed by atoms with E-state index in [1.54, 1.807) is 18.7 Å². The molecule has 1 aromatic carbocycles. The van der Waals surface area contributed by atoms with Gasteiger partial charge in [0.05, 0.1) is 15.2 Å². The zero-order valence-corrected chi connectivity index (χ0v) is 13.9. The molecule has 0 aliphatic heterocycles. The summed E-state index contributed by atoms with van der Waals surface area (Å²) in [7, 11) is 1.71. The monoisotopic (exact) mass is 393 g/mol. The van der Waals surface area contributed by atoms with Crippen LogP contribution >= 0.6 is 27.5 Å². The molecule has 0 aliphatic carbocycles. The summed E-state index contributed by atoms with van der Waals surface area (Å²) in [4.78, 5) is 12.2. The number of aryl methyl sites for hydroxylation is 1. The number of nitrogens with zero attached hydrogens (tertiary/aromatic N) is 2. The molecule has 118 valence electrons. The highest BCUT2D eigenvalue weighted by atomic mass is 79.9. The van der Waals surface area contributed by atoms with Crippen LogP contribution in [0.15, 0.2) is 22.7 Å². The maximum absolute atomic E-state index is 12.2. The number of hydrogen-bond acceptors (Lipinski definition) is 3. The number of alkyl halides is 2. The molecule has 2 rings (SSSR count). The van der Waals surface area contributed by atoms with E-state index in [4.69, 9.17) is 11.6 Å². The van der Waals surface area contributed by atoms with E-state index in [0.29, 0.717) is 10.2 Å². The Morgan fingerprint density at radius 2 is 2.18 bits per heavy atom. The number of benzene rings is 1. The topological polar surface area (TPSA) is 56.1 Å². The van der Waals surface area contributed by atoms with Gasteiger partial charge in [0.2, 0.25) is 0 Å². The smallest absolute Gasteiger partial charge is 0.387 e. The highest BCUT2D eigenvalue weighted by Crippen LogP contribution is 2.29. The van der Waals surface area contributed by atoms with E-state index < -0.39 is 12.5 Å². The first kappa shape index (κ1) is 16.7. The number of aromatic nitrogens is 2. The third-order valence-electron chi connectivity index (χ3n) is 2.88. The standard InChI is InChI=1S/C13H11BrClF2N3O2/c1-6-10(14)11(19-20(6)2)12(21)18-7-3-4-9(8(15)5-7)22-13(16)17/h3-5,13H,1-2H3,(H,18,21). The molecule has 0 unspecified atom stereocenters. The Hall–Kier alpha value is -1.67. The summed E-state index contributed by atoms with van der Waals surface area (Å²) in [6, 6.07) is 3.98. The van der Waals surface area contributed by atoms with Crippen LogP contribution in [0.2, 0.25) is 5.02 Å². The van der Waals surface area contributed by atoms with Gasteiger partial charge in [0, 0.05) is 12.7 Å². The Morgan fingerprint density at radius 3 is 2.68 bits per heavy atom. The number of rotatable bonds is 4. The fourth-order valence-corrected chi connectivity index (χ4v) is 2.43. The Morgan fingerprint density at radius 1 is 1.50 bits per heavy atom. The molecule has 0 bridgehead atoms. The molecule has 1 N–H and O–H groups in total. The SMILES string of the molecule is Cc1c(Br)c(C(=O)Nc2ccc(OC(F)F)c(Cl)c2)nn1C. The number of nitrogens with one attached hydrogen (secondary N) is 1. The van der Waals surface area contributed by atoms with Gasteiger partial charge in [-0.25, -0.2) is 0 Å². The average Bonchev–Trinajstić information content (AvgIpc) is 2.69. The van der Waals surface area contributed by atoms with Crippen LogP contribution in [0.5, 0.6) is 5.75 Å². The van der Waals surface area contributed by atoms with Crippen LogP contribution in [0, 0.1) is 6.92 Å². The molecule has 1 aromatic heterocycles. The molecule has 0 saturated heterocycles. The number of hydrogen-bond donors (Lipinski definition) is 1. The van der Waals surface area contributed by atoms with Crippen molar-refractivity contribution in [3.8, 4) is 5.75 Å². The maximum atomic E-state index is 12.2. The third kappa shape index (κ3) is 3.56. The van der Waals surface area contributed by atoms with Crippen molar-refractivity contribution in [3.05, 3.63) is 39.1 Å². The van der Waals surface area contributed by atoms with Gasteiger partial charge in [-0.1, -0.05) is 11.6 Å². The van der Waals surface area contributed by atoms with E-state index in [9.17, 15) is 13.6 Å². The first-order chi connectivity index (χ1) is 10.3. The van der Waals surface area contributed by atoms with Crippen LogP contribution in [0.4, 0.5) is 14.5 Å². The predicted octanol–water partition coefficient (Wildman–Crippen LogP) is 4.00. The van der Waals surface area contributed by atoms with Gasteiger partial charge >= 0.3 is 6.61 Å². The fourth-order valence-electron chi connectivity index (χ4n) is 1.69. The number of halogens is 4. The minimum atomic E-state index is -2.97. The van der Waals surface area contributed by atoms with Gasteiger partial charge in [0.1, 0.15) is 5.75 Å². The number of carbonyl (C=O) groups excluding carboxylic acids is 1. The molecule has 0 aliphatic rings. The molecule has 0 radical (unpaired) electrons. The maximum Gasteiger partial charge on any atom is 0.387 e. The summed E-state index contributed by atoms with van der Waals surface area (Å²) >= 11 is 9.12. The van der Waals surface area contributed by atoms with E-state index in [1.807, 2.05) is 0 Å². The third-order valence-corrected chi connectivity index (χ3v) is 4.13. The first-order valence-corrected chi connectivity index (χ1v) is 7.21. The highest BCUT2D eigenvalue weighted by molar-refractivity contribution is 9.10. The van der Waals surface area contributed by atoms with Crippen molar-refractivity contribution >= 4 is 39.1 Å². The van der Waals surface area contributed by atoms with Gasteiger partial charge < -0.3 is 10.1 Å². The minimum Gasteiger partial charge on any atom is -0.433 e. The molecule has 0 spiro atoms. The highest BCUT2D eigenvalue weighted by Gasteiger charge is 2.18. The second-order valence-corrected chi connectivity index (χ2v) is 5.55. The van der Waals surface area contributed by atoms with Crippen molar-refractivity contribution in [2.75, 3.05) is 5.32 Å². The second kappa shape index (κ2) is 6.62. The molecule has 22 heavy (non-hydrogen) atoms. The van der Waals surface area contributed by atoms with Gasteiger partial charge in [0.25, 0.3) is 5.91 Å². The van der Waals surface area contributed by atoms with Crippen molar-refractivity contribution in [1.82, 2.24) is 9.78 Å². The second-order valence-electron chi connectivity index (χ2n) is 4.35. The zero-order valence-electron chi connectivity index (χ0n) is 11.5. The molecule has 1 heterocycles. The van der Waals surface area contributed by atoms with Crippen LogP contribution in [0.3, 0.4) is 0 Å². The molecule has 2 aromatic rings. The summed E-state index contributed by atoms with van der Waals surface area (Å²) in [6.07, 6.45) is 0. The van der Waals surface area contributed by atoms with Crippen molar-refractivity contribution < 1.29 is 18.3 Å². The lowest BCUT2D eigenvalue weighted by atomic mass is 10.3. The zero-order chi connectivity index (χ0) is 16.4. The van der Waals surface area contributed by atoms with Crippen molar-refractivity contribution in [2.45, 2.75) is 13.5 Å². The van der Waals surface area contributed by atoms with Crippen LogP contribution in [0.25, 0.3) is 0 Å². The Bertz CT molecular complexity index is 722. The lowest BCUT2D eigenvalue weighted by Crippen LogP contribution is -2.13. The van der Waals surface area contributed by atoms with Crippen LogP contribution in [-0.2, 0) is 7.05 Å². The molecule has 0 atom stereocenters. The van der Waals surface area contributed by atoms with E-state index in [2.05, 4.69) is 31.1 Å². The van der Waals surface area contributed by atoms with Crippen LogP contribution in [0.1, 0.15) is 16.2 Å². The van der Waals surface area contributed by atoms with E-state index in [-0.39, 0.29) is 16.5 Å². The van der Waals surface area contributed by atoms with Crippen molar-refractivity contribution in [3.63, 3.8) is 0 Å². The van der Waals surface area contributed by atoms with Crippen LogP contribution < -0.4 is 10.1 Å². The Kier molecular flexibility index (Phi) is 5.02. The Balaban J connectivity index is 2.18. The summed E-state index contributed by atoms with van der Waals surface area (Å²) in [5.74, 6) is -0.612. The van der Waals surface area contributed by atoms with Crippen LogP contribution in [-0.4, -0.2) is 22.3 Å². The van der Waals surface area contributed by atoms with Gasteiger partial charge in [-0.15, -0.1) is 0 Å². The molecule has 5 nitrogen and oxygen atoms in total. The lowest BCUT2D eigenvalue weighted by molar-refractivity contribution is -0.0497.